The Morgan fingerprint density at radius 1 is 1.38 bits per heavy atom. The summed E-state index contributed by atoms with van der Waals surface area (Å²) < 4.78 is 11.5. The minimum absolute atomic E-state index is 0.208. The molecule has 1 N–H and O–H groups in total. The number of carboxylic acid groups (broad SMARTS) is 1. The van der Waals surface area contributed by atoms with Gasteiger partial charge in [0.05, 0.1) is 5.71 Å². The molecule has 0 saturated heterocycles. The summed E-state index contributed by atoms with van der Waals surface area (Å²) in [6, 6.07) is 8.19. The van der Waals surface area contributed by atoms with Gasteiger partial charge in [-0.15, -0.1) is 0 Å². The number of nitrogens with zero attached hydrogens (tertiary/aromatic N) is 1. The maximum atomic E-state index is 11.5. The molecule has 134 valence electrons. The Morgan fingerprint density at radius 2 is 2.00 bits per heavy atom. The zero-order valence-corrected chi connectivity index (χ0v) is 15.6. The predicted molar refractivity (Wildman–Crippen MR) is 97.9 cm³/mol. The molecule has 0 amide bonds. The van der Waals surface area contributed by atoms with E-state index in [9.17, 15) is 9.00 Å². The predicted octanol–water partition coefficient (Wildman–Crippen LogP) is 3.38. The molecule has 1 aliphatic rings. The third-order valence-electron chi connectivity index (χ3n) is 3.71. The van der Waals surface area contributed by atoms with E-state index in [0.29, 0.717) is 6.42 Å². The number of oxime groups is 1. The standard InChI is InChI=1S/C16H21NO4S.C2H6/c1-3-4-11-5-7-12(8-6-11)14-9-13(21-17-14)10-15(16(18)19)22(2)20;1-2/h5-8,13,15H,3-4,9-10H2,1-2H3,(H,18,19);1-2H3. The van der Waals surface area contributed by atoms with Crippen LogP contribution in [-0.4, -0.2) is 38.6 Å². The second kappa shape index (κ2) is 10.2. The van der Waals surface area contributed by atoms with E-state index in [2.05, 4.69) is 24.2 Å². The van der Waals surface area contributed by atoms with Crippen molar-refractivity contribution in [2.45, 2.75) is 57.8 Å². The average Bonchev–Trinajstić information content (AvgIpc) is 3.03. The molecule has 1 aromatic carbocycles. The van der Waals surface area contributed by atoms with Crippen LogP contribution in [0.25, 0.3) is 0 Å². The molecule has 1 aromatic rings. The fraction of sp³-hybridized carbons (Fsp3) is 0.556. The van der Waals surface area contributed by atoms with Gasteiger partial charge in [0.15, 0.2) is 0 Å². The Bertz CT molecular complexity index is 569. The molecular formula is C18H27NO4S. The molecule has 5 nitrogen and oxygen atoms in total. The lowest BCUT2D eigenvalue weighted by molar-refractivity contribution is -0.137. The monoisotopic (exact) mass is 353 g/mol. The number of hydrogen-bond acceptors (Lipinski definition) is 4. The van der Waals surface area contributed by atoms with Crippen LogP contribution in [0.5, 0.6) is 0 Å². The molecule has 2 rings (SSSR count). The van der Waals surface area contributed by atoms with Crippen LogP contribution >= 0.6 is 0 Å². The van der Waals surface area contributed by atoms with Gasteiger partial charge in [0.1, 0.15) is 11.4 Å². The Morgan fingerprint density at radius 3 is 2.50 bits per heavy atom. The van der Waals surface area contributed by atoms with Crippen molar-refractivity contribution in [1.82, 2.24) is 0 Å². The van der Waals surface area contributed by atoms with Crippen LogP contribution in [0.1, 0.15) is 51.2 Å². The second-order valence-corrected chi connectivity index (χ2v) is 7.04. The highest BCUT2D eigenvalue weighted by Crippen LogP contribution is 2.22. The Balaban J connectivity index is 0.00000139. The van der Waals surface area contributed by atoms with E-state index in [1.54, 1.807) is 0 Å². The number of aliphatic carboxylic acids is 1. The van der Waals surface area contributed by atoms with E-state index in [0.717, 1.165) is 24.1 Å². The molecule has 3 unspecified atom stereocenters. The lowest BCUT2D eigenvalue weighted by Gasteiger charge is -2.13. The molecule has 1 aliphatic heterocycles. The maximum absolute atomic E-state index is 11.5. The Hall–Kier alpha value is -1.69. The first kappa shape index (κ1) is 20.4. The summed E-state index contributed by atoms with van der Waals surface area (Å²) in [7, 11) is -1.42. The average molecular weight is 353 g/mol. The molecule has 3 atom stereocenters. The lowest BCUT2D eigenvalue weighted by atomic mass is 10.0. The summed E-state index contributed by atoms with van der Waals surface area (Å²) in [6.07, 6.45) is 4.00. The summed E-state index contributed by atoms with van der Waals surface area (Å²) in [5.41, 5.74) is 3.10. The van der Waals surface area contributed by atoms with Gasteiger partial charge >= 0.3 is 5.97 Å². The Kier molecular flexibility index (Phi) is 8.68. The zero-order valence-electron chi connectivity index (χ0n) is 14.8. The van der Waals surface area contributed by atoms with E-state index in [1.165, 1.54) is 11.8 Å². The maximum Gasteiger partial charge on any atom is 0.319 e. The fourth-order valence-electron chi connectivity index (χ4n) is 2.49. The quantitative estimate of drug-likeness (QED) is 0.815. The zero-order chi connectivity index (χ0) is 18.1. The van der Waals surface area contributed by atoms with Gasteiger partial charge in [-0.2, -0.15) is 0 Å². The number of rotatable bonds is 7. The van der Waals surface area contributed by atoms with Gasteiger partial charge in [-0.1, -0.05) is 56.6 Å². The molecule has 1 heterocycles. The van der Waals surface area contributed by atoms with Crippen LogP contribution < -0.4 is 0 Å². The molecule has 0 bridgehead atoms. The van der Waals surface area contributed by atoms with Crippen molar-refractivity contribution in [3.63, 3.8) is 0 Å². The van der Waals surface area contributed by atoms with Gasteiger partial charge in [-0.25, -0.2) is 0 Å². The molecule has 24 heavy (non-hydrogen) atoms. The minimum Gasteiger partial charge on any atom is -0.480 e. The van der Waals surface area contributed by atoms with Crippen molar-refractivity contribution in [3.8, 4) is 0 Å². The first-order valence-corrected chi connectivity index (χ1v) is 10.0. The van der Waals surface area contributed by atoms with Crippen molar-refractivity contribution in [3.05, 3.63) is 35.4 Å². The SMILES string of the molecule is CC.CCCc1ccc(C2=NOC(CC(C(=O)O)S(C)=O)C2)cc1. The molecule has 0 saturated carbocycles. The van der Waals surface area contributed by atoms with Gasteiger partial charge in [0, 0.05) is 29.9 Å². The first-order chi connectivity index (χ1) is 11.5. The third kappa shape index (κ3) is 5.74. The van der Waals surface area contributed by atoms with Gasteiger partial charge < -0.3 is 9.94 Å². The summed E-state index contributed by atoms with van der Waals surface area (Å²) >= 11 is 0. The van der Waals surface area contributed by atoms with Crippen LogP contribution in [0.4, 0.5) is 0 Å². The van der Waals surface area contributed by atoms with Gasteiger partial charge in [-0.3, -0.25) is 9.00 Å². The number of hydrogen-bond donors (Lipinski definition) is 1. The van der Waals surface area contributed by atoms with E-state index in [4.69, 9.17) is 9.94 Å². The number of benzene rings is 1. The van der Waals surface area contributed by atoms with Crippen molar-refractivity contribution < 1.29 is 18.9 Å². The van der Waals surface area contributed by atoms with E-state index >= 15 is 0 Å². The third-order valence-corrected chi connectivity index (χ3v) is 4.91. The fourth-order valence-corrected chi connectivity index (χ4v) is 3.26. The topological polar surface area (TPSA) is 76.0 Å². The molecule has 0 fully saturated rings. The van der Waals surface area contributed by atoms with E-state index in [1.807, 2.05) is 26.0 Å². The summed E-state index contributed by atoms with van der Waals surface area (Å²) in [6.45, 7) is 6.14. The van der Waals surface area contributed by atoms with E-state index < -0.39 is 22.0 Å². The first-order valence-electron chi connectivity index (χ1n) is 8.38. The largest absolute Gasteiger partial charge is 0.480 e. The Labute approximate surface area is 146 Å². The van der Waals surface area contributed by atoms with Crippen molar-refractivity contribution in [2.75, 3.05) is 6.26 Å². The van der Waals surface area contributed by atoms with Gasteiger partial charge in [-0.05, 0) is 17.5 Å². The van der Waals surface area contributed by atoms with Crippen LogP contribution in [0.2, 0.25) is 0 Å². The van der Waals surface area contributed by atoms with Crippen molar-refractivity contribution in [2.24, 2.45) is 5.16 Å². The molecule has 6 heteroatoms. The summed E-state index contributed by atoms with van der Waals surface area (Å²) in [4.78, 5) is 16.4. The summed E-state index contributed by atoms with van der Waals surface area (Å²) in [5, 5.41) is 12.2. The number of aryl methyl sites for hydroxylation is 1. The smallest absolute Gasteiger partial charge is 0.319 e. The highest BCUT2D eigenvalue weighted by Gasteiger charge is 2.31. The highest BCUT2D eigenvalue weighted by atomic mass is 32.2. The second-order valence-electron chi connectivity index (χ2n) is 5.48. The van der Waals surface area contributed by atoms with Crippen LogP contribution in [0, 0.1) is 0 Å². The van der Waals surface area contributed by atoms with Crippen molar-refractivity contribution >= 4 is 22.5 Å². The molecule has 0 aromatic heterocycles. The normalized spacial score (nSPS) is 18.7. The lowest BCUT2D eigenvalue weighted by Crippen LogP contribution is -2.29. The number of carboxylic acids is 1. The highest BCUT2D eigenvalue weighted by molar-refractivity contribution is 7.85. The van der Waals surface area contributed by atoms with E-state index in [-0.39, 0.29) is 12.5 Å². The molecule has 0 radical (unpaired) electrons. The van der Waals surface area contributed by atoms with Crippen molar-refractivity contribution in [1.29, 1.82) is 0 Å². The molecule has 0 aliphatic carbocycles. The summed E-state index contributed by atoms with van der Waals surface area (Å²) in [5.74, 6) is -1.05. The van der Waals surface area contributed by atoms with Gasteiger partial charge in [0.2, 0.25) is 0 Å². The molecule has 0 spiro atoms. The molecular weight excluding hydrogens is 326 g/mol. The van der Waals surface area contributed by atoms with Crippen LogP contribution in [0.15, 0.2) is 29.4 Å². The number of carbonyl (C=O) groups is 1. The van der Waals surface area contributed by atoms with Gasteiger partial charge in [0.25, 0.3) is 0 Å². The minimum atomic E-state index is -1.42. The van der Waals surface area contributed by atoms with Crippen LogP contribution in [0.3, 0.4) is 0 Å². The van der Waals surface area contributed by atoms with Crippen LogP contribution in [-0.2, 0) is 26.9 Å².